The van der Waals surface area contributed by atoms with Crippen molar-refractivity contribution < 1.29 is 0 Å². The number of aromatic nitrogens is 1. The predicted molar refractivity (Wildman–Crippen MR) is 94.5 cm³/mol. The Labute approximate surface area is 137 Å². The van der Waals surface area contributed by atoms with E-state index in [-0.39, 0.29) is 6.04 Å². The lowest BCUT2D eigenvalue weighted by molar-refractivity contribution is 0.298. The van der Waals surface area contributed by atoms with Crippen LogP contribution in [-0.2, 0) is 6.54 Å². The average Bonchev–Trinajstić information content (AvgIpc) is 2.55. The summed E-state index contributed by atoms with van der Waals surface area (Å²) in [7, 11) is 4.11. The number of hydrogen-bond donors (Lipinski definition) is 2. The van der Waals surface area contributed by atoms with Gasteiger partial charge in [0.1, 0.15) is 0 Å². The van der Waals surface area contributed by atoms with Crippen LogP contribution in [0.3, 0.4) is 0 Å². The van der Waals surface area contributed by atoms with Gasteiger partial charge in [0, 0.05) is 25.5 Å². The van der Waals surface area contributed by atoms with Crippen molar-refractivity contribution in [3.8, 4) is 0 Å². The molecule has 0 amide bonds. The first-order valence-corrected chi connectivity index (χ1v) is 7.69. The molecule has 0 spiro atoms. The Morgan fingerprint density at radius 3 is 2.55 bits per heavy atom. The van der Waals surface area contributed by atoms with Crippen LogP contribution in [0.15, 0.2) is 54.9 Å². The number of pyridine rings is 1. The van der Waals surface area contributed by atoms with Crippen molar-refractivity contribution in [3.63, 3.8) is 0 Å². The molecule has 0 unspecified atom stereocenters. The van der Waals surface area contributed by atoms with E-state index < -0.39 is 0 Å². The summed E-state index contributed by atoms with van der Waals surface area (Å²) in [4.78, 5) is 6.34. The fourth-order valence-corrected chi connectivity index (χ4v) is 2.36. The monoisotopic (exact) mass is 314 g/mol. The minimum absolute atomic E-state index is 0.227. The quantitative estimate of drug-likeness (QED) is 0.801. The van der Waals surface area contributed by atoms with Gasteiger partial charge in [-0.05, 0) is 43.5 Å². The molecule has 4 nitrogen and oxygen atoms in total. The second-order valence-corrected chi connectivity index (χ2v) is 5.72. The number of thiocarbonyl (C=S) groups is 1. The number of likely N-dealkylation sites (N-methyl/N-ethyl adjacent to an activating group) is 1. The molecule has 0 aliphatic heterocycles. The van der Waals surface area contributed by atoms with Crippen LogP contribution in [0.1, 0.15) is 17.2 Å². The molecule has 2 N–H and O–H groups in total. The highest BCUT2D eigenvalue weighted by molar-refractivity contribution is 7.80. The van der Waals surface area contributed by atoms with E-state index in [2.05, 4.69) is 52.8 Å². The Morgan fingerprint density at radius 2 is 1.91 bits per heavy atom. The molecule has 116 valence electrons. The molecule has 0 aliphatic rings. The Kier molecular flexibility index (Phi) is 6.30. The molecule has 0 bridgehead atoms. The van der Waals surface area contributed by atoms with Gasteiger partial charge in [0.05, 0.1) is 6.04 Å². The zero-order valence-electron chi connectivity index (χ0n) is 13.0. The van der Waals surface area contributed by atoms with E-state index in [4.69, 9.17) is 12.2 Å². The van der Waals surface area contributed by atoms with E-state index in [1.807, 2.05) is 30.5 Å². The van der Waals surface area contributed by atoms with Crippen LogP contribution in [0.2, 0.25) is 0 Å². The van der Waals surface area contributed by atoms with Gasteiger partial charge < -0.3 is 15.5 Å². The lowest BCUT2D eigenvalue weighted by atomic mass is 10.1. The summed E-state index contributed by atoms with van der Waals surface area (Å²) in [6, 6.07) is 14.5. The molecular weight excluding hydrogens is 292 g/mol. The number of nitrogens with zero attached hydrogens (tertiary/aromatic N) is 2. The maximum absolute atomic E-state index is 5.35. The zero-order chi connectivity index (χ0) is 15.8. The Hall–Kier alpha value is -1.98. The zero-order valence-corrected chi connectivity index (χ0v) is 13.8. The molecule has 22 heavy (non-hydrogen) atoms. The molecule has 2 aromatic rings. The first-order valence-electron chi connectivity index (χ1n) is 7.29. The van der Waals surface area contributed by atoms with Gasteiger partial charge in [-0.25, -0.2) is 0 Å². The maximum atomic E-state index is 5.35. The summed E-state index contributed by atoms with van der Waals surface area (Å²) < 4.78 is 0. The van der Waals surface area contributed by atoms with Crippen LogP contribution in [0, 0.1) is 0 Å². The van der Waals surface area contributed by atoms with E-state index in [0.29, 0.717) is 5.11 Å². The van der Waals surface area contributed by atoms with E-state index in [1.165, 1.54) is 11.1 Å². The second-order valence-electron chi connectivity index (χ2n) is 5.31. The summed E-state index contributed by atoms with van der Waals surface area (Å²) in [5.41, 5.74) is 2.38. The van der Waals surface area contributed by atoms with Crippen molar-refractivity contribution in [3.05, 3.63) is 66.0 Å². The van der Waals surface area contributed by atoms with Gasteiger partial charge in [-0.1, -0.05) is 36.4 Å². The molecule has 0 radical (unpaired) electrons. The minimum atomic E-state index is 0.227. The molecule has 0 aliphatic carbocycles. The minimum Gasteiger partial charge on any atom is -0.361 e. The summed E-state index contributed by atoms with van der Waals surface area (Å²) in [6.07, 6.45) is 3.68. The van der Waals surface area contributed by atoms with E-state index >= 15 is 0 Å². The normalized spacial score (nSPS) is 12.0. The van der Waals surface area contributed by atoms with Gasteiger partial charge in [0.2, 0.25) is 0 Å². The lowest BCUT2D eigenvalue weighted by Crippen LogP contribution is -2.40. The van der Waals surface area contributed by atoms with Gasteiger partial charge in [0.25, 0.3) is 0 Å². The van der Waals surface area contributed by atoms with E-state index in [9.17, 15) is 0 Å². The van der Waals surface area contributed by atoms with Crippen LogP contribution in [-0.4, -0.2) is 35.6 Å². The Morgan fingerprint density at radius 1 is 1.14 bits per heavy atom. The van der Waals surface area contributed by atoms with Crippen molar-refractivity contribution in [2.75, 3.05) is 20.6 Å². The highest BCUT2D eigenvalue weighted by atomic mass is 32.1. The Balaban J connectivity index is 1.83. The fourth-order valence-electron chi connectivity index (χ4n) is 2.20. The number of hydrogen-bond acceptors (Lipinski definition) is 3. The molecular formula is C17H22N4S. The molecule has 2 rings (SSSR count). The summed E-state index contributed by atoms with van der Waals surface area (Å²) in [5.74, 6) is 0. The first kappa shape index (κ1) is 16.4. The molecule has 1 atom stereocenters. The second kappa shape index (κ2) is 8.46. The smallest absolute Gasteiger partial charge is 0.166 e. The molecule has 1 heterocycles. The number of benzene rings is 1. The van der Waals surface area contributed by atoms with Crippen molar-refractivity contribution >= 4 is 17.3 Å². The highest BCUT2D eigenvalue weighted by Crippen LogP contribution is 2.15. The standard InChI is InChI=1S/C17H22N4S/c1-21(2)16(15-9-6-10-18-12-15)13-20-17(22)19-11-14-7-4-3-5-8-14/h3-10,12,16H,11,13H2,1-2H3,(H2,19,20,22)/t16-/m1/s1. The van der Waals surface area contributed by atoms with Gasteiger partial charge in [0.15, 0.2) is 5.11 Å². The van der Waals surface area contributed by atoms with Crippen molar-refractivity contribution in [2.24, 2.45) is 0 Å². The van der Waals surface area contributed by atoms with Gasteiger partial charge in [-0.2, -0.15) is 0 Å². The molecule has 1 aromatic heterocycles. The third-order valence-electron chi connectivity index (χ3n) is 3.44. The third-order valence-corrected chi connectivity index (χ3v) is 3.73. The van der Waals surface area contributed by atoms with Crippen molar-refractivity contribution in [1.82, 2.24) is 20.5 Å². The van der Waals surface area contributed by atoms with Gasteiger partial charge >= 0.3 is 0 Å². The molecule has 0 fully saturated rings. The summed E-state index contributed by atoms with van der Waals surface area (Å²) in [5, 5.41) is 7.18. The molecule has 5 heteroatoms. The summed E-state index contributed by atoms with van der Waals surface area (Å²) >= 11 is 5.35. The van der Waals surface area contributed by atoms with Crippen molar-refractivity contribution in [2.45, 2.75) is 12.6 Å². The van der Waals surface area contributed by atoms with Crippen LogP contribution >= 0.6 is 12.2 Å². The topological polar surface area (TPSA) is 40.2 Å². The number of nitrogens with one attached hydrogen (secondary N) is 2. The Bertz CT molecular complexity index is 572. The van der Waals surface area contributed by atoms with Crippen LogP contribution < -0.4 is 10.6 Å². The lowest BCUT2D eigenvalue weighted by Gasteiger charge is -2.25. The molecule has 0 saturated carbocycles. The van der Waals surface area contributed by atoms with Crippen molar-refractivity contribution in [1.29, 1.82) is 0 Å². The van der Waals surface area contributed by atoms with Crippen LogP contribution in [0.5, 0.6) is 0 Å². The highest BCUT2D eigenvalue weighted by Gasteiger charge is 2.14. The molecule has 0 saturated heterocycles. The SMILES string of the molecule is CN(C)[C@H](CNC(=S)NCc1ccccc1)c1cccnc1. The predicted octanol–water partition coefficient (Wildman–Crippen LogP) is 2.35. The van der Waals surface area contributed by atoms with Crippen LogP contribution in [0.4, 0.5) is 0 Å². The van der Waals surface area contributed by atoms with E-state index in [1.54, 1.807) is 6.20 Å². The summed E-state index contributed by atoms with van der Waals surface area (Å²) in [6.45, 7) is 1.46. The number of rotatable bonds is 6. The average molecular weight is 314 g/mol. The molecule has 1 aromatic carbocycles. The van der Waals surface area contributed by atoms with Gasteiger partial charge in [-0.3, -0.25) is 4.98 Å². The first-order chi connectivity index (χ1) is 10.7. The maximum Gasteiger partial charge on any atom is 0.166 e. The van der Waals surface area contributed by atoms with Gasteiger partial charge in [-0.15, -0.1) is 0 Å². The van der Waals surface area contributed by atoms with E-state index in [0.717, 1.165) is 13.1 Å². The third kappa shape index (κ3) is 5.09. The van der Waals surface area contributed by atoms with Crippen LogP contribution in [0.25, 0.3) is 0 Å². The fraction of sp³-hybridized carbons (Fsp3) is 0.294. The largest absolute Gasteiger partial charge is 0.361 e.